The summed E-state index contributed by atoms with van der Waals surface area (Å²) in [4.78, 5) is 17.8. The van der Waals surface area contributed by atoms with E-state index in [-0.39, 0.29) is 5.91 Å². The minimum Gasteiger partial charge on any atom is -0.337 e. The van der Waals surface area contributed by atoms with Crippen molar-refractivity contribution < 1.29 is 13.6 Å². The Labute approximate surface area is 170 Å². The number of nitrogens with zero attached hydrogens (tertiary/aromatic N) is 2. The van der Waals surface area contributed by atoms with E-state index in [0.29, 0.717) is 18.4 Å². The molecular weight excluding hydrogens is 372 g/mol. The van der Waals surface area contributed by atoms with Crippen molar-refractivity contribution in [1.29, 1.82) is 0 Å². The summed E-state index contributed by atoms with van der Waals surface area (Å²) in [5.74, 6) is -1.25. The molecule has 0 aromatic heterocycles. The highest BCUT2D eigenvalue weighted by Crippen LogP contribution is 2.38. The van der Waals surface area contributed by atoms with Gasteiger partial charge in [0, 0.05) is 52.1 Å². The number of fused-ring (bicyclic) bond motifs is 1. The van der Waals surface area contributed by atoms with Gasteiger partial charge in [0.15, 0.2) is 0 Å². The minimum atomic E-state index is -0.652. The first kappa shape index (κ1) is 20.0. The van der Waals surface area contributed by atoms with Crippen molar-refractivity contribution in [3.8, 4) is 0 Å². The number of rotatable bonds is 4. The molecule has 1 amide bonds. The maximum Gasteiger partial charge on any atom is 0.244 e. The van der Waals surface area contributed by atoms with Crippen LogP contribution in [0.4, 0.5) is 8.78 Å². The maximum absolute atomic E-state index is 13.9. The Morgan fingerprint density at radius 3 is 2.17 bits per heavy atom. The van der Waals surface area contributed by atoms with E-state index in [1.165, 1.54) is 23.3 Å². The third-order valence-corrected chi connectivity index (χ3v) is 6.47. The molecule has 1 aliphatic heterocycles. The Morgan fingerprint density at radius 1 is 1.07 bits per heavy atom. The first-order valence-corrected chi connectivity index (χ1v) is 10.2. The van der Waals surface area contributed by atoms with Gasteiger partial charge < -0.3 is 10.2 Å². The average molecular weight is 399 g/mol. The van der Waals surface area contributed by atoms with Gasteiger partial charge in [-0.1, -0.05) is 24.3 Å². The number of amides is 1. The summed E-state index contributed by atoms with van der Waals surface area (Å²) < 4.78 is 27.5. The lowest BCUT2D eigenvalue weighted by Gasteiger charge is -2.45. The Morgan fingerprint density at radius 2 is 1.62 bits per heavy atom. The van der Waals surface area contributed by atoms with E-state index >= 15 is 0 Å². The fourth-order valence-corrected chi connectivity index (χ4v) is 4.74. The van der Waals surface area contributed by atoms with Gasteiger partial charge in [-0.15, -0.1) is 0 Å². The number of halogens is 2. The largest absolute Gasteiger partial charge is 0.337 e. The summed E-state index contributed by atoms with van der Waals surface area (Å²) in [6, 6.07) is 11.2. The molecule has 1 heterocycles. The van der Waals surface area contributed by atoms with Gasteiger partial charge >= 0.3 is 0 Å². The number of hydrogen-bond acceptors (Lipinski definition) is 3. The average Bonchev–Trinajstić information content (AvgIpc) is 3.13. The fourth-order valence-electron chi connectivity index (χ4n) is 4.74. The van der Waals surface area contributed by atoms with Crippen LogP contribution in [0.5, 0.6) is 0 Å². The lowest BCUT2D eigenvalue weighted by Crippen LogP contribution is -2.64. The van der Waals surface area contributed by atoms with E-state index in [9.17, 15) is 13.6 Å². The third-order valence-electron chi connectivity index (χ3n) is 6.47. The van der Waals surface area contributed by atoms with Gasteiger partial charge in [0.05, 0.1) is 6.04 Å². The molecule has 1 N–H and O–H groups in total. The molecule has 2 aromatic carbocycles. The monoisotopic (exact) mass is 399 g/mol. The molecule has 4 nitrogen and oxygen atoms in total. The zero-order chi connectivity index (χ0) is 20.6. The number of likely N-dealkylation sites (N-methyl/N-ethyl adjacent to an activating group) is 1. The minimum absolute atomic E-state index is 0.00719. The van der Waals surface area contributed by atoms with Gasteiger partial charge in [0.2, 0.25) is 5.91 Å². The molecule has 2 aromatic rings. The summed E-state index contributed by atoms with van der Waals surface area (Å²) in [5.41, 5.74) is 2.22. The normalized spacial score (nSPS) is 19.6. The van der Waals surface area contributed by atoms with E-state index in [2.05, 4.69) is 22.3 Å². The summed E-state index contributed by atoms with van der Waals surface area (Å²) in [6.07, 6.45) is 1.33. The summed E-state index contributed by atoms with van der Waals surface area (Å²) >= 11 is 0. The predicted molar refractivity (Wildman–Crippen MR) is 109 cm³/mol. The molecule has 154 valence electrons. The lowest BCUT2D eigenvalue weighted by molar-refractivity contribution is -0.145. The zero-order valence-corrected chi connectivity index (χ0v) is 16.9. The van der Waals surface area contributed by atoms with Gasteiger partial charge in [0.1, 0.15) is 17.2 Å². The highest BCUT2D eigenvalue weighted by Gasteiger charge is 2.50. The summed E-state index contributed by atoms with van der Waals surface area (Å²) in [5, 5.41) is 3.36. The molecule has 4 rings (SSSR count). The summed E-state index contributed by atoms with van der Waals surface area (Å²) in [7, 11) is 1.74. The van der Waals surface area contributed by atoms with Crippen LogP contribution in [0.2, 0.25) is 0 Å². The third kappa shape index (κ3) is 3.67. The molecule has 1 aliphatic carbocycles. The molecule has 0 radical (unpaired) electrons. The molecule has 1 fully saturated rings. The Hall–Kier alpha value is -2.31. The number of nitrogens with one attached hydrogen (secondary N) is 1. The van der Waals surface area contributed by atoms with Gasteiger partial charge in [-0.3, -0.25) is 9.69 Å². The van der Waals surface area contributed by atoms with E-state index in [4.69, 9.17) is 0 Å². The molecule has 6 heteroatoms. The predicted octanol–water partition coefficient (Wildman–Crippen LogP) is 2.93. The SMILES string of the molecule is C[C@H](c1cc(F)cc(F)c1)N(C)C(=O)C1(N2CCNCC2)Cc2ccccc2C1. The van der Waals surface area contributed by atoms with Crippen LogP contribution in [0, 0.1) is 11.6 Å². The van der Waals surface area contributed by atoms with E-state index < -0.39 is 23.2 Å². The fraction of sp³-hybridized carbons (Fsp3) is 0.435. The Balaban J connectivity index is 1.66. The number of hydrogen-bond donors (Lipinski definition) is 1. The van der Waals surface area contributed by atoms with Crippen LogP contribution >= 0.6 is 0 Å². The molecule has 0 saturated carbocycles. The molecule has 0 spiro atoms. The molecule has 29 heavy (non-hydrogen) atoms. The Kier molecular flexibility index (Phi) is 5.40. The number of carbonyl (C=O) groups excluding carboxylic acids is 1. The van der Waals surface area contributed by atoms with Crippen molar-refractivity contribution in [1.82, 2.24) is 15.1 Å². The molecule has 0 unspecified atom stereocenters. The number of piperazine rings is 1. The van der Waals surface area contributed by atoms with Crippen molar-refractivity contribution in [2.75, 3.05) is 33.2 Å². The summed E-state index contributed by atoms with van der Waals surface area (Å²) in [6.45, 7) is 5.12. The van der Waals surface area contributed by atoms with Crippen molar-refractivity contribution in [2.24, 2.45) is 0 Å². The Bertz CT molecular complexity index is 865. The highest BCUT2D eigenvalue weighted by atomic mass is 19.1. The van der Waals surface area contributed by atoms with Crippen molar-refractivity contribution >= 4 is 5.91 Å². The van der Waals surface area contributed by atoms with Crippen LogP contribution < -0.4 is 5.32 Å². The van der Waals surface area contributed by atoms with Crippen LogP contribution in [-0.4, -0.2) is 54.5 Å². The van der Waals surface area contributed by atoms with E-state index in [1.54, 1.807) is 11.9 Å². The zero-order valence-electron chi connectivity index (χ0n) is 16.9. The van der Waals surface area contributed by atoms with Crippen molar-refractivity contribution in [3.05, 3.63) is 70.8 Å². The van der Waals surface area contributed by atoms with Crippen LogP contribution in [0.3, 0.4) is 0 Å². The van der Waals surface area contributed by atoms with Crippen molar-refractivity contribution in [3.63, 3.8) is 0 Å². The second kappa shape index (κ2) is 7.84. The topological polar surface area (TPSA) is 35.6 Å². The smallest absolute Gasteiger partial charge is 0.244 e. The quantitative estimate of drug-likeness (QED) is 0.859. The van der Waals surface area contributed by atoms with Gasteiger partial charge in [-0.05, 0) is 35.7 Å². The standard InChI is InChI=1S/C23H27F2N3O/c1-16(19-11-20(24)13-21(25)12-19)27(2)22(29)23(28-9-7-26-8-10-28)14-17-5-3-4-6-18(17)15-23/h3-6,11-13,16,26H,7-10,14-15H2,1-2H3/t16-/m1/s1. The first-order valence-electron chi connectivity index (χ1n) is 10.2. The van der Waals surface area contributed by atoms with Gasteiger partial charge in [0.25, 0.3) is 0 Å². The first-order chi connectivity index (χ1) is 13.9. The molecule has 0 bridgehead atoms. The van der Waals surface area contributed by atoms with Crippen LogP contribution in [0.25, 0.3) is 0 Å². The second-order valence-electron chi connectivity index (χ2n) is 8.19. The van der Waals surface area contributed by atoms with Crippen LogP contribution in [0.15, 0.2) is 42.5 Å². The maximum atomic E-state index is 13.9. The lowest BCUT2D eigenvalue weighted by atomic mass is 9.89. The van der Waals surface area contributed by atoms with E-state index in [1.807, 2.05) is 19.1 Å². The second-order valence-corrected chi connectivity index (χ2v) is 8.19. The van der Waals surface area contributed by atoms with Gasteiger partial charge in [-0.2, -0.15) is 0 Å². The van der Waals surface area contributed by atoms with Crippen LogP contribution in [0.1, 0.15) is 29.7 Å². The number of carbonyl (C=O) groups is 1. The van der Waals surface area contributed by atoms with Gasteiger partial charge in [-0.25, -0.2) is 8.78 Å². The molecule has 1 atom stereocenters. The van der Waals surface area contributed by atoms with E-state index in [0.717, 1.165) is 32.2 Å². The van der Waals surface area contributed by atoms with Crippen LogP contribution in [-0.2, 0) is 17.6 Å². The molecular formula is C23H27F2N3O. The molecule has 2 aliphatic rings. The molecule has 1 saturated heterocycles. The highest BCUT2D eigenvalue weighted by molar-refractivity contribution is 5.88. The number of benzene rings is 2. The van der Waals surface area contributed by atoms with Crippen molar-refractivity contribution in [2.45, 2.75) is 31.3 Å².